The fourth-order valence-corrected chi connectivity index (χ4v) is 2.84. The van der Waals surface area contributed by atoms with Crippen molar-refractivity contribution in [1.29, 1.82) is 0 Å². The van der Waals surface area contributed by atoms with E-state index in [1.165, 1.54) is 4.88 Å². The van der Waals surface area contributed by atoms with Gasteiger partial charge >= 0.3 is 0 Å². The van der Waals surface area contributed by atoms with Gasteiger partial charge in [-0.2, -0.15) is 0 Å². The van der Waals surface area contributed by atoms with Crippen molar-refractivity contribution in [2.75, 3.05) is 0 Å². The maximum absolute atomic E-state index is 6.03. The third-order valence-electron chi connectivity index (χ3n) is 2.55. The van der Waals surface area contributed by atoms with E-state index in [1.54, 1.807) is 29.5 Å². The van der Waals surface area contributed by atoms with Gasteiger partial charge in [0.05, 0.1) is 5.02 Å². The zero-order valence-electron chi connectivity index (χ0n) is 9.87. The van der Waals surface area contributed by atoms with Crippen molar-refractivity contribution in [3.8, 4) is 5.75 Å². The Morgan fingerprint density at radius 3 is 2.72 bits per heavy atom. The fraction of sp³-hybridized carbons (Fsp3) is 0.231. The first-order chi connectivity index (χ1) is 8.60. The van der Waals surface area contributed by atoms with E-state index < -0.39 is 0 Å². The summed E-state index contributed by atoms with van der Waals surface area (Å²) in [6, 6.07) is 7.25. The van der Waals surface area contributed by atoms with Crippen LogP contribution in [-0.4, -0.2) is 0 Å². The molecule has 1 heterocycles. The van der Waals surface area contributed by atoms with E-state index in [1.807, 2.05) is 0 Å². The number of aryl methyl sites for hydroxylation is 1. The van der Waals surface area contributed by atoms with Crippen LogP contribution in [0.25, 0.3) is 0 Å². The quantitative estimate of drug-likeness (QED) is 0.908. The predicted molar refractivity (Wildman–Crippen MR) is 77.7 cm³/mol. The molecule has 0 fully saturated rings. The van der Waals surface area contributed by atoms with Gasteiger partial charge in [0.25, 0.3) is 0 Å². The molecule has 0 bridgehead atoms. The van der Waals surface area contributed by atoms with Crippen LogP contribution < -0.4 is 10.5 Å². The summed E-state index contributed by atoms with van der Waals surface area (Å²) in [7, 11) is 0. The van der Waals surface area contributed by atoms with Crippen molar-refractivity contribution in [3.05, 3.63) is 49.6 Å². The first kappa shape index (κ1) is 13.7. The lowest BCUT2D eigenvalue weighted by atomic mass is 10.2. The highest BCUT2D eigenvalue weighted by Gasteiger charge is 2.07. The third-order valence-corrected chi connectivity index (χ3v) is 4.21. The number of rotatable bonds is 4. The van der Waals surface area contributed by atoms with Crippen molar-refractivity contribution in [3.63, 3.8) is 0 Å². The minimum absolute atomic E-state index is 0.475. The van der Waals surface area contributed by atoms with Gasteiger partial charge in [0, 0.05) is 33.0 Å². The molecular formula is C13H13Cl2NOS. The molecule has 0 aliphatic heterocycles. The van der Waals surface area contributed by atoms with Gasteiger partial charge in [0.2, 0.25) is 0 Å². The van der Waals surface area contributed by atoms with Gasteiger partial charge in [-0.25, -0.2) is 0 Å². The highest BCUT2D eigenvalue weighted by Crippen LogP contribution is 2.29. The molecule has 0 unspecified atom stereocenters. The normalized spacial score (nSPS) is 10.7. The van der Waals surface area contributed by atoms with Crippen LogP contribution in [0, 0.1) is 6.92 Å². The highest BCUT2D eigenvalue weighted by atomic mass is 35.5. The highest BCUT2D eigenvalue weighted by molar-refractivity contribution is 7.12. The van der Waals surface area contributed by atoms with Crippen molar-refractivity contribution >= 4 is 34.5 Å². The predicted octanol–water partition coefficient (Wildman–Crippen LogP) is 4.40. The molecule has 0 atom stereocenters. The zero-order valence-corrected chi connectivity index (χ0v) is 12.2. The smallest absolute Gasteiger partial charge is 0.139 e. The average molecular weight is 302 g/mol. The van der Waals surface area contributed by atoms with E-state index in [2.05, 4.69) is 13.0 Å². The van der Waals surface area contributed by atoms with Crippen molar-refractivity contribution < 1.29 is 4.74 Å². The number of hydrogen-bond donors (Lipinski definition) is 1. The number of ether oxygens (including phenoxy) is 1. The maximum Gasteiger partial charge on any atom is 0.139 e. The van der Waals surface area contributed by atoms with Crippen LogP contribution in [-0.2, 0) is 13.2 Å². The van der Waals surface area contributed by atoms with Gasteiger partial charge in [0.1, 0.15) is 12.4 Å². The zero-order chi connectivity index (χ0) is 13.1. The first-order valence-electron chi connectivity index (χ1n) is 5.46. The summed E-state index contributed by atoms with van der Waals surface area (Å²) < 4.78 is 5.69. The number of thiophene rings is 1. The van der Waals surface area contributed by atoms with Gasteiger partial charge in [0.15, 0.2) is 0 Å². The molecule has 2 N–H and O–H groups in total. The van der Waals surface area contributed by atoms with E-state index in [0.717, 1.165) is 10.4 Å². The molecule has 2 aromatic rings. The molecule has 0 aliphatic carbocycles. The molecule has 0 saturated carbocycles. The Hall–Kier alpha value is -0.740. The fourth-order valence-electron chi connectivity index (χ4n) is 1.57. The largest absolute Gasteiger partial charge is 0.487 e. The van der Waals surface area contributed by atoms with Crippen LogP contribution in [0.4, 0.5) is 0 Å². The Morgan fingerprint density at radius 1 is 1.28 bits per heavy atom. The monoisotopic (exact) mass is 301 g/mol. The van der Waals surface area contributed by atoms with E-state index in [4.69, 9.17) is 33.7 Å². The number of hydrogen-bond acceptors (Lipinski definition) is 3. The third kappa shape index (κ3) is 3.18. The molecular weight excluding hydrogens is 289 g/mol. The molecule has 5 heteroatoms. The van der Waals surface area contributed by atoms with Gasteiger partial charge in [-0.3, -0.25) is 0 Å². The molecule has 0 spiro atoms. The van der Waals surface area contributed by atoms with Crippen LogP contribution in [0.1, 0.15) is 15.3 Å². The van der Waals surface area contributed by atoms with Crippen LogP contribution in [0.2, 0.25) is 10.0 Å². The molecule has 18 heavy (non-hydrogen) atoms. The van der Waals surface area contributed by atoms with E-state index >= 15 is 0 Å². The minimum Gasteiger partial charge on any atom is -0.487 e. The topological polar surface area (TPSA) is 35.2 Å². The second-order valence-corrected chi connectivity index (χ2v) is 6.05. The average Bonchev–Trinajstić information content (AvgIpc) is 2.71. The van der Waals surface area contributed by atoms with Gasteiger partial charge < -0.3 is 10.5 Å². The number of halogens is 2. The van der Waals surface area contributed by atoms with Crippen molar-refractivity contribution in [2.24, 2.45) is 5.73 Å². The van der Waals surface area contributed by atoms with E-state index in [9.17, 15) is 0 Å². The molecule has 96 valence electrons. The second-order valence-electron chi connectivity index (χ2n) is 3.86. The number of nitrogens with two attached hydrogens (primary N) is 1. The molecule has 2 nitrogen and oxygen atoms in total. The Balaban J connectivity index is 2.11. The summed E-state index contributed by atoms with van der Waals surface area (Å²) >= 11 is 13.6. The van der Waals surface area contributed by atoms with Crippen LogP contribution >= 0.6 is 34.5 Å². The lowest BCUT2D eigenvalue weighted by molar-refractivity contribution is 0.306. The van der Waals surface area contributed by atoms with Crippen LogP contribution in [0.15, 0.2) is 24.3 Å². The molecule has 0 radical (unpaired) electrons. The minimum atomic E-state index is 0.475. The summed E-state index contributed by atoms with van der Waals surface area (Å²) in [5.41, 5.74) is 6.75. The Morgan fingerprint density at radius 2 is 2.06 bits per heavy atom. The van der Waals surface area contributed by atoms with Crippen LogP contribution in [0.3, 0.4) is 0 Å². The SMILES string of the molecule is Cc1sc(CN)cc1COc1cc(Cl)ccc1Cl. The summed E-state index contributed by atoms with van der Waals surface area (Å²) in [5.74, 6) is 0.601. The Bertz CT molecular complexity index is 554. The summed E-state index contributed by atoms with van der Waals surface area (Å²) in [5, 5.41) is 1.17. The molecule has 0 saturated heterocycles. The lowest BCUT2D eigenvalue weighted by Gasteiger charge is -2.08. The maximum atomic E-state index is 6.03. The molecule has 1 aromatic carbocycles. The molecule has 2 rings (SSSR count). The van der Waals surface area contributed by atoms with Crippen molar-refractivity contribution in [1.82, 2.24) is 0 Å². The first-order valence-corrected chi connectivity index (χ1v) is 7.03. The van der Waals surface area contributed by atoms with Gasteiger partial charge in [-0.15, -0.1) is 11.3 Å². The number of benzene rings is 1. The Kier molecular flexibility index (Phi) is 4.51. The second kappa shape index (κ2) is 5.93. The molecule has 0 amide bonds. The molecule has 0 aliphatic rings. The summed E-state index contributed by atoms with van der Waals surface area (Å²) in [4.78, 5) is 2.37. The van der Waals surface area contributed by atoms with E-state index in [-0.39, 0.29) is 0 Å². The standard InChI is InChI=1S/C13H13Cl2NOS/c1-8-9(4-11(6-16)18-8)7-17-13-5-10(14)2-3-12(13)15/h2-5H,6-7,16H2,1H3. The van der Waals surface area contributed by atoms with Crippen LogP contribution in [0.5, 0.6) is 5.75 Å². The van der Waals surface area contributed by atoms with Gasteiger partial charge in [-0.1, -0.05) is 23.2 Å². The van der Waals surface area contributed by atoms with E-state index in [0.29, 0.717) is 28.9 Å². The summed E-state index contributed by atoms with van der Waals surface area (Å²) in [6.45, 7) is 3.09. The Labute approximate surface area is 120 Å². The lowest BCUT2D eigenvalue weighted by Crippen LogP contribution is -1.96. The summed E-state index contributed by atoms with van der Waals surface area (Å²) in [6.07, 6.45) is 0. The van der Waals surface area contributed by atoms with Crippen molar-refractivity contribution in [2.45, 2.75) is 20.1 Å². The van der Waals surface area contributed by atoms with Gasteiger partial charge in [-0.05, 0) is 25.1 Å². The molecule has 1 aromatic heterocycles.